The van der Waals surface area contributed by atoms with E-state index in [1.807, 2.05) is 25.1 Å². The highest BCUT2D eigenvalue weighted by Gasteiger charge is 1.73. The lowest BCUT2D eigenvalue weighted by Gasteiger charge is -1.82. The van der Waals surface area contributed by atoms with Gasteiger partial charge in [-0.25, -0.2) is 0 Å². The van der Waals surface area contributed by atoms with Gasteiger partial charge in [0.1, 0.15) is 6.26 Å². The molecule has 3 nitrogen and oxygen atoms in total. The van der Waals surface area contributed by atoms with Crippen LogP contribution in [-0.2, 0) is 0 Å². The molecular weight excluding hydrogens is 152 g/mol. The number of rotatable bonds is 0. The van der Waals surface area contributed by atoms with E-state index in [4.69, 9.17) is 0 Å². The summed E-state index contributed by atoms with van der Waals surface area (Å²) in [7, 11) is 0. The number of hydrogen-bond donors (Lipinski definition) is 0. The van der Waals surface area contributed by atoms with Crippen LogP contribution in [0.25, 0.3) is 0 Å². The normalized spacial score (nSPS) is 8.42. The highest BCUT2D eigenvalue weighted by atomic mass is 16.5. The Kier molecular flexibility index (Phi) is 3.57. The van der Waals surface area contributed by atoms with E-state index in [1.165, 1.54) is 6.26 Å². The smallest absolute Gasteiger partial charge is 0.123 e. The molecule has 2 rings (SSSR count). The van der Waals surface area contributed by atoms with Gasteiger partial charge in [-0.3, -0.25) is 4.98 Å². The molecule has 2 heterocycles. The summed E-state index contributed by atoms with van der Waals surface area (Å²) in [6, 6.07) is 7.58. The van der Waals surface area contributed by atoms with Crippen LogP contribution in [-0.4, -0.2) is 10.1 Å². The summed E-state index contributed by atoms with van der Waals surface area (Å²) >= 11 is 0. The van der Waals surface area contributed by atoms with Crippen LogP contribution in [0.4, 0.5) is 0 Å². The summed E-state index contributed by atoms with van der Waals surface area (Å²) in [5.74, 6) is 0. The van der Waals surface area contributed by atoms with Crippen LogP contribution in [0.3, 0.4) is 0 Å². The van der Waals surface area contributed by atoms with Crippen LogP contribution in [0, 0.1) is 6.92 Å². The molecule has 0 aliphatic rings. The lowest BCUT2D eigenvalue weighted by Crippen LogP contribution is -1.72. The van der Waals surface area contributed by atoms with Crippen molar-refractivity contribution in [3.05, 3.63) is 48.6 Å². The average molecular weight is 162 g/mol. The van der Waals surface area contributed by atoms with Crippen molar-refractivity contribution >= 4 is 0 Å². The number of aryl methyl sites for hydroxylation is 1. The van der Waals surface area contributed by atoms with E-state index in [9.17, 15) is 0 Å². The molecule has 3 heteroatoms. The van der Waals surface area contributed by atoms with Crippen molar-refractivity contribution in [2.45, 2.75) is 6.92 Å². The van der Waals surface area contributed by atoms with Crippen molar-refractivity contribution in [1.29, 1.82) is 0 Å². The van der Waals surface area contributed by atoms with E-state index in [0.29, 0.717) is 0 Å². The predicted octanol–water partition coefficient (Wildman–Crippen LogP) is 2.06. The SMILES string of the molecule is Cc1ccccn1.c1cnoc1. The first-order valence-corrected chi connectivity index (χ1v) is 3.61. The fourth-order valence-corrected chi connectivity index (χ4v) is 0.624. The molecule has 0 saturated carbocycles. The van der Waals surface area contributed by atoms with Crippen LogP contribution in [0.1, 0.15) is 5.69 Å². The van der Waals surface area contributed by atoms with Gasteiger partial charge in [0.2, 0.25) is 0 Å². The Morgan fingerprint density at radius 2 is 2.08 bits per heavy atom. The molecule has 0 amide bonds. The van der Waals surface area contributed by atoms with Crippen molar-refractivity contribution in [3.63, 3.8) is 0 Å². The average Bonchev–Trinajstić information content (AvgIpc) is 2.62. The molecule has 0 atom stereocenters. The summed E-state index contributed by atoms with van der Waals surface area (Å²) < 4.78 is 4.33. The third-order valence-corrected chi connectivity index (χ3v) is 1.16. The Morgan fingerprint density at radius 3 is 2.33 bits per heavy atom. The Morgan fingerprint density at radius 1 is 1.17 bits per heavy atom. The fourth-order valence-electron chi connectivity index (χ4n) is 0.624. The lowest BCUT2D eigenvalue weighted by atomic mass is 10.4. The molecule has 0 unspecified atom stereocenters. The van der Waals surface area contributed by atoms with Gasteiger partial charge in [-0.2, -0.15) is 0 Å². The Labute approximate surface area is 71.0 Å². The van der Waals surface area contributed by atoms with Crippen molar-refractivity contribution in [3.8, 4) is 0 Å². The standard InChI is InChI=1S/C6H7N.C3H3NO/c1-6-4-2-3-5-7-6;1-2-4-5-3-1/h2-5H,1H3;1-3H. The first-order chi connectivity index (χ1) is 5.89. The second-order valence-electron chi connectivity index (χ2n) is 2.16. The molecule has 2 aromatic heterocycles. The molecule has 0 N–H and O–H groups in total. The van der Waals surface area contributed by atoms with Gasteiger partial charge < -0.3 is 4.52 Å². The lowest BCUT2D eigenvalue weighted by molar-refractivity contribution is 0.420. The van der Waals surface area contributed by atoms with Gasteiger partial charge in [0.25, 0.3) is 0 Å². The third-order valence-electron chi connectivity index (χ3n) is 1.16. The number of pyridine rings is 1. The monoisotopic (exact) mass is 162 g/mol. The molecule has 0 spiro atoms. The molecule has 0 aliphatic heterocycles. The molecule has 0 saturated heterocycles. The van der Waals surface area contributed by atoms with Gasteiger partial charge in [-0.05, 0) is 25.1 Å². The van der Waals surface area contributed by atoms with Crippen molar-refractivity contribution in [1.82, 2.24) is 10.1 Å². The van der Waals surface area contributed by atoms with E-state index in [0.717, 1.165) is 5.69 Å². The molecule has 2 aromatic rings. The molecule has 0 bridgehead atoms. The summed E-state index contributed by atoms with van der Waals surface area (Å²) in [5, 5.41) is 3.35. The number of hydrogen-bond acceptors (Lipinski definition) is 3. The Bertz CT molecular complexity index is 261. The zero-order valence-electron chi connectivity index (χ0n) is 6.84. The minimum atomic E-state index is 1.07. The van der Waals surface area contributed by atoms with Crippen LogP contribution in [0.2, 0.25) is 0 Å². The predicted molar refractivity (Wildman–Crippen MR) is 45.5 cm³/mol. The Hall–Kier alpha value is -1.64. The summed E-state index contributed by atoms with van der Waals surface area (Å²) in [6.45, 7) is 1.97. The maximum atomic E-state index is 4.33. The van der Waals surface area contributed by atoms with E-state index >= 15 is 0 Å². The topological polar surface area (TPSA) is 38.9 Å². The van der Waals surface area contributed by atoms with Crippen molar-refractivity contribution < 1.29 is 4.52 Å². The number of aromatic nitrogens is 2. The zero-order valence-corrected chi connectivity index (χ0v) is 6.84. The van der Waals surface area contributed by atoms with Crippen molar-refractivity contribution in [2.24, 2.45) is 0 Å². The summed E-state index contributed by atoms with van der Waals surface area (Å²) in [5.41, 5.74) is 1.07. The van der Waals surface area contributed by atoms with Gasteiger partial charge >= 0.3 is 0 Å². The van der Waals surface area contributed by atoms with E-state index < -0.39 is 0 Å². The van der Waals surface area contributed by atoms with Gasteiger partial charge in [0, 0.05) is 11.9 Å². The maximum absolute atomic E-state index is 4.33. The second kappa shape index (κ2) is 5.07. The summed E-state index contributed by atoms with van der Waals surface area (Å²) in [4.78, 5) is 3.98. The molecule has 0 aliphatic carbocycles. The molecule has 0 fully saturated rings. The maximum Gasteiger partial charge on any atom is 0.123 e. The fraction of sp³-hybridized carbons (Fsp3) is 0.111. The molecule has 0 radical (unpaired) electrons. The van der Waals surface area contributed by atoms with Gasteiger partial charge in [-0.1, -0.05) is 11.2 Å². The molecule has 12 heavy (non-hydrogen) atoms. The highest BCUT2D eigenvalue weighted by molar-refractivity contribution is 4.99. The van der Waals surface area contributed by atoms with Gasteiger partial charge in [0.15, 0.2) is 0 Å². The first kappa shape index (κ1) is 8.46. The minimum absolute atomic E-state index is 1.07. The largest absolute Gasteiger partial charge is 0.365 e. The van der Waals surface area contributed by atoms with Crippen LogP contribution in [0.15, 0.2) is 47.4 Å². The summed E-state index contributed by atoms with van der Waals surface area (Å²) in [6.07, 6.45) is 4.88. The van der Waals surface area contributed by atoms with Crippen molar-refractivity contribution in [2.75, 3.05) is 0 Å². The Balaban J connectivity index is 0.000000127. The molecule has 0 aromatic carbocycles. The van der Waals surface area contributed by atoms with Crippen LogP contribution >= 0.6 is 0 Å². The van der Waals surface area contributed by atoms with E-state index in [-0.39, 0.29) is 0 Å². The third kappa shape index (κ3) is 3.51. The van der Waals surface area contributed by atoms with Crippen LogP contribution < -0.4 is 0 Å². The van der Waals surface area contributed by atoms with Gasteiger partial charge in [0.05, 0.1) is 6.20 Å². The zero-order chi connectivity index (χ0) is 8.65. The van der Waals surface area contributed by atoms with Gasteiger partial charge in [-0.15, -0.1) is 0 Å². The van der Waals surface area contributed by atoms with Crippen LogP contribution in [0.5, 0.6) is 0 Å². The molecular formula is C9H10N2O. The number of nitrogens with zero attached hydrogens (tertiary/aromatic N) is 2. The first-order valence-electron chi connectivity index (χ1n) is 3.61. The van der Waals surface area contributed by atoms with E-state index in [1.54, 1.807) is 18.5 Å². The second-order valence-corrected chi connectivity index (χ2v) is 2.16. The molecule has 62 valence electrons. The minimum Gasteiger partial charge on any atom is -0.365 e. The quantitative estimate of drug-likeness (QED) is 0.595. The van der Waals surface area contributed by atoms with E-state index in [2.05, 4.69) is 14.7 Å². The highest BCUT2D eigenvalue weighted by Crippen LogP contribution is 1.86.